The minimum absolute atomic E-state index is 0.0789. The maximum Gasteiger partial charge on any atom is 0.410 e. The fourth-order valence-electron chi connectivity index (χ4n) is 4.47. The van der Waals surface area contributed by atoms with E-state index in [2.05, 4.69) is 18.2 Å². The number of amides is 2. The molecule has 2 aromatic carbocycles. The van der Waals surface area contributed by atoms with Crippen LogP contribution < -0.4 is 0 Å². The normalized spacial score (nSPS) is 18.1. The van der Waals surface area contributed by atoms with Crippen molar-refractivity contribution in [2.45, 2.75) is 51.3 Å². The van der Waals surface area contributed by atoms with Crippen molar-refractivity contribution < 1.29 is 14.3 Å². The lowest BCUT2D eigenvalue weighted by Gasteiger charge is -2.45. The summed E-state index contributed by atoms with van der Waals surface area (Å²) >= 11 is 0. The van der Waals surface area contributed by atoms with Crippen molar-refractivity contribution in [1.82, 2.24) is 9.80 Å². The van der Waals surface area contributed by atoms with Gasteiger partial charge >= 0.3 is 6.09 Å². The Morgan fingerprint density at radius 1 is 1.00 bits per heavy atom. The van der Waals surface area contributed by atoms with Gasteiger partial charge in [0.05, 0.1) is 5.54 Å². The lowest BCUT2D eigenvalue weighted by atomic mass is 9.80. The minimum Gasteiger partial charge on any atom is -0.444 e. The van der Waals surface area contributed by atoms with Crippen LogP contribution >= 0.6 is 0 Å². The number of benzene rings is 2. The molecule has 0 aliphatic carbocycles. The highest BCUT2D eigenvalue weighted by Gasteiger charge is 2.51. The van der Waals surface area contributed by atoms with E-state index >= 15 is 0 Å². The first-order valence-electron chi connectivity index (χ1n) is 10.2. The summed E-state index contributed by atoms with van der Waals surface area (Å²) in [5, 5.41) is 0. The van der Waals surface area contributed by atoms with Gasteiger partial charge in [-0.1, -0.05) is 48.5 Å². The number of likely N-dealkylation sites (tertiary alicyclic amines) is 1. The molecule has 0 bridgehead atoms. The van der Waals surface area contributed by atoms with Crippen LogP contribution in [-0.2, 0) is 16.8 Å². The summed E-state index contributed by atoms with van der Waals surface area (Å²) in [6.07, 6.45) is 1.14. The van der Waals surface area contributed by atoms with E-state index in [9.17, 15) is 9.59 Å². The molecule has 2 aliphatic rings. The zero-order valence-corrected chi connectivity index (χ0v) is 17.4. The van der Waals surface area contributed by atoms with Crippen LogP contribution in [0, 0.1) is 0 Å². The number of nitrogens with zero attached hydrogens (tertiary/aromatic N) is 2. The van der Waals surface area contributed by atoms with E-state index in [4.69, 9.17) is 4.74 Å². The van der Waals surface area contributed by atoms with Crippen molar-refractivity contribution in [3.8, 4) is 0 Å². The Bertz CT molecular complexity index is 909. The molecule has 0 N–H and O–H groups in total. The van der Waals surface area contributed by atoms with Crippen molar-refractivity contribution in [2.75, 3.05) is 13.1 Å². The molecule has 0 radical (unpaired) electrons. The minimum atomic E-state index is -0.512. The Labute approximate surface area is 172 Å². The summed E-state index contributed by atoms with van der Waals surface area (Å²) in [7, 11) is 0. The van der Waals surface area contributed by atoms with E-state index in [1.165, 1.54) is 0 Å². The second-order valence-corrected chi connectivity index (χ2v) is 8.92. The Morgan fingerprint density at radius 2 is 1.62 bits per heavy atom. The van der Waals surface area contributed by atoms with E-state index in [1.54, 1.807) is 4.90 Å². The molecular formula is C24H28N2O3. The molecule has 0 unspecified atom stereocenters. The molecule has 5 heteroatoms. The van der Waals surface area contributed by atoms with Crippen LogP contribution in [0.1, 0.15) is 55.1 Å². The third-order valence-electron chi connectivity index (χ3n) is 5.85. The smallest absolute Gasteiger partial charge is 0.410 e. The lowest BCUT2D eigenvalue weighted by molar-refractivity contribution is -0.00220. The second kappa shape index (κ2) is 7.21. The zero-order valence-electron chi connectivity index (χ0n) is 17.4. The highest BCUT2D eigenvalue weighted by Crippen LogP contribution is 2.47. The Kier molecular flexibility index (Phi) is 4.85. The molecule has 0 aromatic heterocycles. The SMILES string of the molecule is CC(C)(C)OC(=O)N1CCC2(CC1)c1ccccc1C(=O)N2Cc1ccccc1. The first-order chi connectivity index (χ1) is 13.8. The standard InChI is InChI=1S/C24H28N2O3/c1-23(2,3)29-22(28)25-15-13-24(14-16-25)20-12-8-7-11-19(20)21(27)26(24)17-18-9-5-4-6-10-18/h4-12H,13-17H2,1-3H3. The third kappa shape index (κ3) is 3.61. The molecule has 2 amide bonds. The first-order valence-corrected chi connectivity index (χ1v) is 10.2. The summed E-state index contributed by atoms with van der Waals surface area (Å²) in [5.74, 6) is 0.0789. The Hall–Kier alpha value is -2.82. The molecule has 1 fully saturated rings. The number of hydrogen-bond donors (Lipinski definition) is 0. The van der Waals surface area contributed by atoms with Crippen molar-refractivity contribution in [3.05, 3.63) is 71.3 Å². The van der Waals surface area contributed by atoms with Gasteiger partial charge < -0.3 is 14.5 Å². The van der Waals surface area contributed by atoms with Gasteiger partial charge in [0.2, 0.25) is 0 Å². The van der Waals surface area contributed by atoms with E-state index in [0.717, 1.165) is 16.7 Å². The van der Waals surface area contributed by atoms with Crippen LogP contribution in [0.25, 0.3) is 0 Å². The first kappa shape index (κ1) is 19.5. The third-order valence-corrected chi connectivity index (χ3v) is 5.85. The van der Waals surface area contributed by atoms with Crippen LogP contribution in [0.3, 0.4) is 0 Å². The van der Waals surface area contributed by atoms with Gasteiger partial charge in [-0.25, -0.2) is 4.79 Å². The molecule has 0 saturated carbocycles. The van der Waals surface area contributed by atoms with Crippen molar-refractivity contribution in [3.63, 3.8) is 0 Å². The maximum absolute atomic E-state index is 13.3. The van der Waals surface area contributed by atoms with Crippen LogP contribution in [0.5, 0.6) is 0 Å². The topological polar surface area (TPSA) is 49.9 Å². The number of rotatable bonds is 2. The number of carbonyl (C=O) groups excluding carboxylic acids is 2. The second-order valence-electron chi connectivity index (χ2n) is 8.92. The summed E-state index contributed by atoms with van der Waals surface area (Å²) in [4.78, 5) is 29.6. The van der Waals surface area contributed by atoms with E-state index in [-0.39, 0.29) is 17.5 Å². The average molecular weight is 392 g/mol. The zero-order chi connectivity index (χ0) is 20.6. The summed E-state index contributed by atoms with van der Waals surface area (Å²) < 4.78 is 5.55. The highest BCUT2D eigenvalue weighted by molar-refractivity contribution is 6.00. The van der Waals surface area contributed by atoms with Gasteiger partial charge in [0.1, 0.15) is 5.60 Å². The molecule has 0 atom stereocenters. The van der Waals surface area contributed by atoms with Crippen LogP contribution in [0.15, 0.2) is 54.6 Å². The number of piperidine rings is 1. The van der Waals surface area contributed by atoms with Crippen molar-refractivity contribution in [1.29, 1.82) is 0 Å². The summed E-state index contributed by atoms with van der Waals surface area (Å²) in [6.45, 7) is 7.35. The molecule has 29 heavy (non-hydrogen) atoms. The molecule has 5 nitrogen and oxygen atoms in total. The van der Waals surface area contributed by atoms with Gasteiger partial charge in [0, 0.05) is 25.2 Å². The monoisotopic (exact) mass is 392 g/mol. The molecule has 1 spiro atoms. The lowest BCUT2D eigenvalue weighted by Crippen LogP contribution is -2.52. The fraction of sp³-hybridized carbons (Fsp3) is 0.417. The van der Waals surface area contributed by atoms with Crippen molar-refractivity contribution >= 4 is 12.0 Å². The van der Waals surface area contributed by atoms with E-state index in [1.807, 2.05) is 62.1 Å². The predicted molar refractivity (Wildman–Crippen MR) is 111 cm³/mol. The highest BCUT2D eigenvalue weighted by atomic mass is 16.6. The molecular weight excluding hydrogens is 364 g/mol. The van der Waals surface area contributed by atoms with Crippen molar-refractivity contribution in [2.24, 2.45) is 0 Å². The fourth-order valence-corrected chi connectivity index (χ4v) is 4.47. The van der Waals surface area contributed by atoms with Gasteiger partial charge in [-0.15, -0.1) is 0 Å². The molecule has 2 aromatic rings. The molecule has 2 heterocycles. The van der Waals surface area contributed by atoms with Crippen LogP contribution in [-0.4, -0.2) is 40.5 Å². The number of carbonyl (C=O) groups is 2. The van der Waals surface area contributed by atoms with Gasteiger partial charge in [-0.2, -0.15) is 0 Å². The van der Waals surface area contributed by atoms with Gasteiger partial charge in [-0.3, -0.25) is 4.79 Å². The predicted octanol–water partition coefficient (Wildman–Crippen LogP) is 4.57. The number of ether oxygens (including phenoxy) is 1. The average Bonchev–Trinajstić information content (AvgIpc) is 2.91. The Morgan fingerprint density at radius 3 is 2.28 bits per heavy atom. The van der Waals surface area contributed by atoms with Gasteiger partial charge in [0.25, 0.3) is 5.91 Å². The maximum atomic E-state index is 13.3. The number of fused-ring (bicyclic) bond motifs is 2. The largest absolute Gasteiger partial charge is 0.444 e. The summed E-state index contributed by atoms with van der Waals surface area (Å²) in [6, 6.07) is 18.0. The molecule has 152 valence electrons. The molecule has 1 saturated heterocycles. The van der Waals surface area contributed by atoms with Crippen LogP contribution in [0.4, 0.5) is 4.79 Å². The van der Waals surface area contributed by atoms with Gasteiger partial charge in [-0.05, 0) is 50.8 Å². The van der Waals surface area contributed by atoms with Crippen LogP contribution in [0.2, 0.25) is 0 Å². The van der Waals surface area contributed by atoms with E-state index in [0.29, 0.717) is 32.5 Å². The number of hydrogen-bond acceptors (Lipinski definition) is 3. The van der Waals surface area contributed by atoms with Gasteiger partial charge in [0.15, 0.2) is 0 Å². The summed E-state index contributed by atoms with van der Waals surface area (Å²) in [5.41, 5.74) is 2.10. The quantitative estimate of drug-likeness (QED) is 0.752. The molecule has 4 rings (SSSR count). The Balaban J connectivity index is 1.61. The van der Waals surface area contributed by atoms with E-state index < -0.39 is 5.60 Å². The molecule has 2 aliphatic heterocycles.